The number of aromatic nitrogens is 1. The van der Waals surface area contributed by atoms with Gasteiger partial charge in [-0.3, -0.25) is 29.6 Å². The molecule has 0 saturated heterocycles. The van der Waals surface area contributed by atoms with Gasteiger partial charge in [0.15, 0.2) is 16.3 Å². The summed E-state index contributed by atoms with van der Waals surface area (Å²) in [5, 5.41) is 23.2. The van der Waals surface area contributed by atoms with Crippen molar-refractivity contribution in [2.24, 2.45) is 4.99 Å². The third-order valence-electron chi connectivity index (χ3n) is 6.81. The molecule has 0 unspecified atom stereocenters. The smallest absolute Gasteiger partial charge is 0.338 e. The first-order valence-corrected chi connectivity index (χ1v) is 15.4. The van der Waals surface area contributed by atoms with E-state index in [2.05, 4.69) is 20.9 Å². The minimum absolute atomic E-state index is 0.0653. The van der Waals surface area contributed by atoms with Gasteiger partial charge in [0.25, 0.3) is 11.2 Å². The summed E-state index contributed by atoms with van der Waals surface area (Å²) in [5.41, 5.74) is 0.303. The van der Waals surface area contributed by atoms with Gasteiger partial charge in [0.1, 0.15) is 0 Å². The van der Waals surface area contributed by atoms with Crippen molar-refractivity contribution >= 4 is 62.3 Å². The molecule has 3 aromatic carbocycles. The molecule has 1 aliphatic rings. The second kappa shape index (κ2) is 13.2. The molecule has 1 aliphatic heterocycles. The molecule has 1 aromatic heterocycles. The number of carbonyl (C=O) groups excluding carboxylic acids is 1. The number of halogens is 2. The summed E-state index contributed by atoms with van der Waals surface area (Å²) in [4.78, 5) is 53.1. The second-order valence-corrected chi connectivity index (χ2v) is 12.0. The number of fused-ring (bicyclic) bond motifs is 1. The van der Waals surface area contributed by atoms with Crippen LogP contribution in [-0.2, 0) is 9.53 Å². The molecule has 0 aliphatic carbocycles. The molecule has 0 radical (unpaired) electrons. The Morgan fingerprint density at radius 3 is 2.46 bits per heavy atom. The molecule has 13 nitrogen and oxygen atoms in total. The first-order chi connectivity index (χ1) is 21.9. The van der Waals surface area contributed by atoms with E-state index in [1.54, 1.807) is 56.3 Å². The largest absolute Gasteiger partial charge is 0.493 e. The Balaban J connectivity index is 1.60. The topological polar surface area (TPSA) is 165 Å². The Bertz CT molecular complexity index is 2130. The number of methoxy groups -OCH3 is 1. The van der Waals surface area contributed by atoms with Gasteiger partial charge in [-0.05, 0) is 77.3 Å². The molecular formula is C30H22BrClN4O9S. The van der Waals surface area contributed by atoms with E-state index in [0.29, 0.717) is 35.7 Å². The van der Waals surface area contributed by atoms with Gasteiger partial charge in [-0.25, -0.2) is 9.79 Å². The second-order valence-electron chi connectivity index (χ2n) is 9.66. The number of nitro benzene ring substituents is 2. The van der Waals surface area contributed by atoms with Gasteiger partial charge in [0, 0.05) is 11.1 Å². The lowest BCUT2D eigenvalue weighted by Gasteiger charge is -2.24. The Kier molecular flexibility index (Phi) is 9.37. The first-order valence-electron chi connectivity index (χ1n) is 13.4. The monoisotopic (exact) mass is 728 g/mol. The molecular weight excluding hydrogens is 708 g/mol. The highest BCUT2D eigenvalue weighted by Crippen LogP contribution is 2.43. The number of hydrogen-bond acceptors (Lipinski definition) is 11. The van der Waals surface area contributed by atoms with Gasteiger partial charge in [-0.1, -0.05) is 35.1 Å². The zero-order valence-corrected chi connectivity index (χ0v) is 27.3. The zero-order valence-electron chi connectivity index (χ0n) is 24.2. The molecule has 0 bridgehead atoms. The van der Waals surface area contributed by atoms with Crippen LogP contribution in [0.25, 0.3) is 6.08 Å². The van der Waals surface area contributed by atoms with Crippen molar-refractivity contribution in [2.75, 3.05) is 13.7 Å². The van der Waals surface area contributed by atoms with E-state index in [1.165, 1.54) is 11.7 Å². The first kappa shape index (κ1) is 32.5. The van der Waals surface area contributed by atoms with E-state index < -0.39 is 38.8 Å². The lowest BCUT2D eigenvalue weighted by molar-refractivity contribution is -0.394. The summed E-state index contributed by atoms with van der Waals surface area (Å²) in [6.45, 7) is 3.51. The number of nitro groups is 2. The quantitative estimate of drug-likeness (QED) is 0.117. The summed E-state index contributed by atoms with van der Waals surface area (Å²) in [7, 11) is 1.36. The highest BCUT2D eigenvalue weighted by atomic mass is 79.9. The molecule has 236 valence electrons. The maximum absolute atomic E-state index is 13.9. The summed E-state index contributed by atoms with van der Waals surface area (Å²) < 4.78 is 18.7. The van der Waals surface area contributed by atoms with E-state index in [0.717, 1.165) is 29.5 Å². The van der Waals surface area contributed by atoms with E-state index in [9.17, 15) is 29.8 Å². The maximum Gasteiger partial charge on any atom is 0.338 e. The van der Waals surface area contributed by atoms with Gasteiger partial charge >= 0.3 is 11.7 Å². The van der Waals surface area contributed by atoms with Crippen LogP contribution >= 0.6 is 38.9 Å². The standard InChI is InChI=1S/C30H22BrClN4O9S/c1-4-44-29(38)25-15(2)33-30-34(26(25)17-5-7-18(32)8-6-17)28(37)24(46-30)13-16-11-20(31)27(23(12-16)43-3)45-22-10-9-19(35(39)40)14-21(22)36(41)42/h5-14,26H,4H2,1-3H3/b24-13-/t26-/m1/s1. The molecule has 0 spiro atoms. The molecule has 1 atom stereocenters. The van der Waals surface area contributed by atoms with Crippen LogP contribution < -0.4 is 24.4 Å². The molecule has 46 heavy (non-hydrogen) atoms. The van der Waals surface area contributed by atoms with E-state index in [1.807, 2.05) is 0 Å². The molecule has 2 heterocycles. The number of esters is 1. The Morgan fingerprint density at radius 1 is 1.11 bits per heavy atom. The molecule has 4 aromatic rings. The number of nitrogens with zero attached hydrogens (tertiary/aromatic N) is 4. The third-order valence-corrected chi connectivity index (χ3v) is 8.64. The summed E-state index contributed by atoms with van der Waals surface area (Å²) in [6, 6.07) is 12.2. The average Bonchev–Trinajstić information content (AvgIpc) is 3.31. The van der Waals surface area contributed by atoms with E-state index >= 15 is 0 Å². The normalized spacial score (nSPS) is 14.4. The third kappa shape index (κ3) is 6.29. The molecule has 0 N–H and O–H groups in total. The van der Waals surface area contributed by atoms with Crippen LogP contribution in [-0.4, -0.2) is 34.1 Å². The number of allylic oxidation sites excluding steroid dienone is 1. The van der Waals surface area contributed by atoms with E-state index in [4.69, 9.17) is 25.8 Å². The minimum Gasteiger partial charge on any atom is -0.493 e. The summed E-state index contributed by atoms with van der Waals surface area (Å²) in [6.07, 6.45) is 1.61. The Labute approximate surface area is 277 Å². The van der Waals surface area contributed by atoms with Gasteiger partial charge < -0.3 is 14.2 Å². The van der Waals surface area contributed by atoms with Gasteiger partial charge in [0.05, 0.1) is 55.9 Å². The number of non-ortho nitro benzene ring substituents is 1. The number of carbonyl (C=O) groups is 1. The van der Waals surface area contributed by atoms with Crippen LogP contribution in [0.5, 0.6) is 17.2 Å². The fourth-order valence-electron chi connectivity index (χ4n) is 4.78. The molecule has 0 saturated carbocycles. The van der Waals surface area contributed by atoms with Crippen molar-refractivity contribution in [3.8, 4) is 17.2 Å². The number of thiazole rings is 1. The maximum atomic E-state index is 13.9. The predicted molar refractivity (Wildman–Crippen MR) is 172 cm³/mol. The van der Waals surface area contributed by atoms with Crippen molar-refractivity contribution in [2.45, 2.75) is 19.9 Å². The SMILES string of the molecule is CCOC(=O)C1=C(C)N=c2s/c(=C\c3cc(Br)c(Oc4ccc([N+](=O)[O-])cc4[N+](=O)[O-])c(OC)c3)c(=O)n2[C@@H]1c1ccc(Cl)cc1. The Morgan fingerprint density at radius 2 is 1.83 bits per heavy atom. The van der Waals surface area contributed by atoms with Crippen molar-refractivity contribution in [1.82, 2.24) is 4.57 Å². The fraction of sp³-hybridized carbons (Fsp3) is 0.167. The molecule has 16 heteroatoms. The molecule has 5 rings (SSSR count). The van der Waals surface area contributed by atoms with Crippen molar-refractivity contribution in [3.63, 3.8) is 0 Å². The molecule has 0 fully saturated rings. The van der Waals surface area contributed by atoms with Crippen LogP contribution in [0.4, 0.5) is 11.4 Å². The van der Waals surface area contributed by atoms with Crippen molar-refractivity contribution in [1.29, 1.82) is 0 Å². The predicted octanol–water partition coefficient (Wildman–Crippen LogP) is 5.83. The lowest BCUT2D eigenvalue weighted by Crippen LogP contribution is -2.39. The Hall–Kier alpha value is -4.86. The average molecular weight is 730 g/mol. The minimum atomic E-state index is -0.816. The highest BCUT2D eigenvalue weighted by molar-refractivity contribution is 9.10. The number of benzene rings is 3. The van der Waals surface area contributed by atoms with Crippen LogP contribution in [0.2, 0.25) is 5.02 Å². The summed E-state index contributed by atoms with van der Waals surface area (Å²) >= 11 is 10.6. The lowest BCUT2D eigenvalue weighted by atomic mass is 9.96. The van der Waals surface area contributed by atoms with Crippen LogP contribution in [0.1, 0.15) is 31.0 Å². The van der Waals surface area contributed by atoms with Crippen molar-refractivity contribution in [3.05, 3.63) is 126 Å². The van der Waals surface area contributed by atoms with Gasteiger partial charge in [-0.2, -0.15) is 0 Å². The zero-order chi connectivity index (χ0) is 33.3. The van der Waals surface area contributed by atoms with E-state index in [-0.39, 0.29) is 29.4 Å². The fourth-order valence-corrected chi connectivity index (χ4v) is 6.50. The number of rotatable bonds is 9. The van der Waals surface area contributed by atoms with Crippen molar-refractivity contribution < 1.29 is 28.9 Å². The molecule has 0 amide bonds. The highest BCUT2D eigenvalue weighted by Gasteiger charge is 2.33. The number of ether oxygens (including phenoxy) is 3. The number of hydrogen-bond donors (Lipinski definition) is 0. The summed E-state index contributed by atoms with van der Waals surface area (Å²) in [5.74, 6) is -0.614. The van der Waals surface area contributed by atoms with Crippen LogP contribution in [0, 0.1) is 20.2 Å². The van der Waals surface area contributed by atoms with Gasteiger partial charge in [-0.15, -0.1) is 0 Å². The van der Waals surface area contributed by atoms with Gasteiger partial charge in [0.2, 0.25) is 5.75 Å². The van der Waals surface area contributed by atoms with Crippen LogP contribution in [0.3, 0.4) is 0 Å². The van der Waals surface area contributed by atoms with Crippen LogP contribution in [0.15, 0.2) is 80.1 Å².